The topological polar surface area (TPSA) is 66.4 Å². The highest BCUT2D eigenvalue weighted by Crippen LogP contribution is 2.46. The Bertz CT molecular complexity index is 952. The Morgan fingerprint density at radius 1 is 0.893 bits per heavy atom. The first-order valence-electron chi connectivity index (χ1n) is 9.50. The van der Waals surface area contributed by atoms with Gasteiger partial charge in [0.15, 0.2) is 0 Å². The number of nitrogens with one attached hydrogen (secondary N) is 1. The number of hydrogen-bond acceptors (Lipinski definition) is 2. The Morgan fingerprint density at radius 2 is 1.43 bits per heavy atom. The third-order valence-corrected chi connectivity index (χ3v) is 5.87. The molecule has 1 aliphatic rings. The van der Waals surface area contributed by atoms with Crippen LogP contribution in [0.15, 0.2) is 49.0 Å². The number of aromatic carboxylic acids is 1. The van der Waals surface area contributed by atoms with Crippen LogP contribution < -0.4 is 5.32 Å². The van der Waals surface area contributed by atoms with E-state index in [9.17, 15) is 9.59 Å². The molecule has 2 N–H and O–H groups in total. The fourth-order valence-electron chi connectivity index (χ4n) is 3.81. The quantitative estimate of drug-likeness (QED) is 0.703. The smallest absolute Gasteiger partial charge is 0.335 e. The summed E-state index contributed by atoms with van der Waals surface area (Å²) in [4.78, 5) is 23.6. The van der Waals surface area contributed by atoms with Crippen LogP contribution >= 0.6 is 0 Å². The predicted molar refractivity (Wildman–Crippen MR) is 113 cm³/mol. The van der Waals surface area contributed by atoms with Crippen LogP contribution in [0.4, 0.5) is 5.69 Å². The minimum Gasteiger partial charge on any atom is -0.478 e. The van der Waals surface area contributed by atoms with Crippen molar-refractivity contribution in [3.05, 3.63) is 71.3 Å². The van der Waals surface area contributed by atoms with Crippen LogP contribution in [0.5, 0.6) is 0 Å². The second-order valence-electron chi connectivity index (χ2n) is 8.84. The lowest BCUT2D eigenvalue weighted by Crippen LogP contribution is -2.34. The maximum Gasteiger partial charge on any atom is 0.335 e. The highest BCUT2D eigenvalue weighted by atomic mass is 16.4. The molecule has 2 aromatic carbocycles. The zero-order valence-corrected chi connectivity index (χ0v) is 16.9. The lowest BCUT2D eigenvalue weighted by Gasteiger charge is -2.42. The summed E-state index contributed by atoms with van der Waals surface area (Å²) in [5.41, 5.74) is 4.72. The molecule has 0 heterocycles. The summed E-state index contributed by atoms with van der Waals surface area (Å²) < 4.78 is 0. The van der Waals surface area contributed by atoms with E-state index in [0.717, 1.165) is 18.4 Å². The van der Waals surface area contributed by atoms with Crippen LogP contribution in [0.25, 0.3) is 5.57 Å². The summed E-state index contributed by atoms with van der Waals surface area (Å²) in [6, 6.07) is 12.3. The van der Waals surface area contributed by atoms with Crippen molar-refractivity contribution in [3.8, 4) is 0 Å². The predicted octanol–water partition coefficient (Wildman–Crippen LogP) is 5.39. The van der Waals surface area contributed by atoms with Crippen molar-refractivity contribution in [1.29, 1.82) is 0 Å². The van der Waals surface area contributed by atoms with E-state index >= 15 is 0 Å². The normalized spacial score (nSPS) is 16.7. The van der Waals surface area contributed by atoms with E-state index in [-0.39, 0.29) is 22.3 Å². The molecule has 0 unspecified atom stereocenters. The summed E-state index contributed by atoms with van der Waals surface area (Å²) in [6.07, 6.45) is 2.24. The Kier molecular flexibility index (Phi) is 4.92. The summed E-state index contributed by atoms with van der Waals surface area (Å²) in [6.45, 7) is 13.0. The van der Waals surface area contributed by atoms with Crippen LogP contribution in [0.1, 0.15) is 67.6 Å². The summed E-state index contributed by atoms with van der Waals surface area (Å²) in [5.74, 6) is -1.29. The van der Waals surface area contributed by atoms with Gasteiger partial charge in [-0.15, -0.1) is 0 Å². The molecule has 0 saturated heterocycles. The molecule has 0 bridgehead atoms. The summed E-state index contributed by atoms with van der Waals surface area (Å²) in [5, 5.41) is 11.8. The van der Waals surface area contributed by atoms with Gasteiger partial charge in [-0.05, 0) is 64.6 Å². The SMILES string of the molecule is C=C(C(=O)Nc1ccc(C(=O)O)cc1)c1ccc2c(c1)C(C)(C)CCC2(C)C. The molecule has 0 atom stereocenters. The van der Waals surface area contributed by atoms with Crippen molar-refractivity contribution in [2.75, 3.05) is 5.32 Å². The van der Waals surface area contributed by atoms with Gasteiger partial charge in [0, 0.05) is 11.3 Å². The van der Waals surface area contributed by atoms with Gasteiger partial charge in [-0.25, -0.2) is 4.79 Å². The van der Waals surface area contributed by atoms with Gasteiger partial charge in [0.2, 0.25) is 0 Å². The van der Waals surface area contributed by atoms with Gasteiger partial charge in [-0.1, -0.05) is 52.5 Å². The Hall–Kier alpha value is -2.88. The Labute approximate surface area is 166 Å². The average molecular weight is 377 g/mol. The number of carboxylic acids is 1. The second kappa shape index (κ2) is 6.93. The molecule has 0 aliphatic heterocycles. The number of fused-ring (bicyclic) bond motifs is 1. The van der Waals surface area contributed by atoms with Gasteiger partial charge in [0.25, 0.3) is 5.91 Å². The van der Waals surface area contributed by atoms with Gasteiger partial charge in [-0.2, -0.15) is 0 Å². The van der Waals surface area contributed by atoms with Crippen LogP contribution in [0.2, 0.25) is 0 Å². The standard InChI is InChI=1S/C24H27NO3/c1-15(21(26)25-18-9-6-16(7-10-18)22(27)28)17-8-11-19-20(14-17)24(4,5)13-12-23(19,2)3/h6-11,14H,1,12-13H2,2-5H3,(H,25,26)(H,27,28). The molecule has 0 spiro atoms. The van der Waals surface area contributed by atoms with Crippen molar-refractivity contribution in [2.45, 2.75) is 51.4 Å². The Balaban J connectivity index is 1.84. The molecule has 1 aliphatic carbocycles. The van der Waals surface area contributed by atoms with Crippen molar-refractivity contribution >= 4 is 23.1 Å². The van der Waals surface area contributed by atoms with Crippen molar-refractivity contribution in [3.63, 3.8) is 0 Å². The fourth-order valence-corrected chi connectivity index (χ4v) is 3.81. The molecule has 146 valence electrons. The van der Waals surface area contributed by atoms with Gasteiger partial charge in [0.1, 0.15) is 0 Å². The zero-order chi connectivity index (χ0) is 20.7. The maximum atomic E-state index is 12.7. The Morgan fingerprint density at radius 3 is 2.00 bits per heavy atom. The third kappa shape index (κ3) is 3.72. The van der Waals surface area contributed by atoms with Gasteiger partial charge in [0.05, 0.1) is 5.56 Å². The number of rotatable bonds is 4. The second-order valence-corrected chi connectivity index (χ2v) is 8.84. The first kappa shape index (κ1) is 19.9. The molecule has 28 heavy (non-hydrogen) atoms. The first-order chi connectivity index (χ1) is 13.0. The number of carboxylic acid groups (broad SMARTS) is 1. The molecule has 3 rings (SSSR count). The molecule has 1 amide bonds. The molecule has 0 saturated carbocycles. The van der Waals surface area contributed by atoms with Crippen molar-refractivity contribution < 1.29 is 14.7 Å². The number of hydrogen-bond donors (Lipinski definition) is 2. The number of benzene rings is 2. The van der Waals surface area contributed by atoms with E-state index in [4.69, 9.17) is 5.11 Å². The summed E-state index contributed by atoms with van der Waals surface area (Å²) >= 11 is 0. The molecule has 0 fully saturated rings. The van der Waals surface area contributed by atoms with Crippen LogP contribution in [0, 0.1) is 0 Å². The molecule has 0 radical (unpaired) electrons. The van der Waals surface area contributed by atoms with Crippen LogP contribution in [-0.2, 0) is 15.6 Å². The average Bonchev–Trinajstić information content (AvgIpc) is 2.65. The molecule has 0 aromatic heterocycles. The van der Waals surface area contributed by atoms with E-state index in [1.807, 2.05) is 6.07 Å². The zero-order valence-electron chi connectivity index (χ0n) is 16.9. The fraction of sp³-hybridized carbons (Fsp3) is 0.333. The van der Waals surface area contributed by atoms with Gasteiger partial charge < -0.3 is 10.4 Å². The monoisotopic (exact) mass is 377 g/mol. The van der Waals surface area contributed by atoms with E-state index in [0.29, 0.717) is 11.3 Å². The van der Waals surface area contributed by atoms with Crippen molar-refractivity contribution in [1.82, 2.24) is 0 Å². The number of anilines is 1. The molecule has 4 heteroatoms. The molecular formula is C24H27NO3. The van der Waals surface area contributed by atoms with E-state index < -0.39 is 5.97 Å². The summed E-state index contributed by atoms with van der Waals surface area (Å²) in [7, 11) is 0. The third-order valence-electron chi connectivity index (χ3n) is 5.87. The maximum absolute atomic E-state index is 12.7. The van der Waals surface area contributed by atoms with Gasteiger partial charge in [-0.3, -0.25) is 4.79 Å². The number of amides is 1. The molecular weight excluding hydrogens is 350 g/mol. The molecule has 4 nitrogen and oxygen atoms in total. The lowest BCUT2D eigenvalue weighted by molar-refractivity contribution is -0.111. The van der Waals surface area contributed by atoms with E-state index in [2.05, 4.69) is 51.7 Å². The highest BCUT2D eigenvalue weighted by molar-refractivity contribution is 6.24. The van der Waals surface area contributed by atoms with Crippen LogP contribution in [-0.4, -0.2) is 17.0 Å². The van der Waals surface area contributed by atoms with Crippen molar-refractivity contribution in [2.24, 2.45) is 0 Å². The minimum atomic E-state index is -0.998. The minimum absolute atomic E-state index is 0.0598. The number of carbonyl (C=O) groups is 2. The first-order valence-corrected chi connectivity index (χ1v) is 9.50. The van der Waals surface area contributed by atoms with E-state index in [1.54, 1.807) is 12.1 Å². The van der Waals surface area contributed by atoms with Crippen LogP contribution in [0.3, 0.4) is 0 Å². The lowest BCUT2D eigenvalue weighted by atomic mass is 9.63. The highest BCUT2D eigenvalue weighted by Gasteiger charge is 2.37. The molecule has 2 aromatic rings. The van der Waals surface area contributed by atoms with E-state index in [1.165, 1.54) is 23.3 Å². The largest absolute Gasteiger partial charge is 0.478 e. The van der Waals surface area contributed by atoms with Gasteiger partial charge >= 0.3 is 5.97 Å². The number of carbonyl (C=O) groups excluding carboxylic acids is 1.